The molecule has 0 saturated carbocycles. The summed E-state index contributed by atoms with van der Waals surface area (Å²) in [5.41, 5.74) is -0.787. The van der Waals surface area contributed by atoms with Gasteiger partial charge in [0, 0.05) is 18.0 Å². The number of aromatic nitrogens is 2. The van der Waals surface area contributed by atoms with Crippen LogP contribution in [0.4, 0.5) is 0 Å². The maximum atomic E-state index is 11.3. The quantitative estimate of drug-likeness (QED) is 0.489. The van der Waals surface area contributed by atoms with Gasteiger partial charge in [-0.3, -0.25) is 14.3 Å². The zero-order chi connectivity index (χ0) is 13.0. The van der Waals surface area contributed by atoms with E-state index in [0.29, 0.717) is 5.56 Å². The fourth-order valence-corrected chi connectivity index (χ4v) is 1.11. The third kappa shape index (κ3) is 3.38. The van der Waals surface area contributed by atoms with Gasteiger partial charge in [0.2, 0.25) is 0 Å². The van der Waals surface area contributed by atoms with Crippen molar-refractivity contribution in [1.82, 2.24) is 9.55 Å². The maximum Gasteiger partial charge on any atom is 0.332 e. The lowest BCUT2D eigenvalue weighted by Gasteiger charge is -2.10. The minimum Gasteiger partial charge on any atom is -0.394 e. The van der Waals surface area contributed by atoms with E-state index in [9.17, 15) is 14.7 Å². The lowest BCUT2D eigenvalue weighted by Crippen LogP contribution is -2.30. The molecule has 0 saturated heterocycles. The molecule has 0 spiro atoms. The Morgan fingerprint density at radius 1 is 1.47 bits per heavy atom. The van der Waals surface area contributed by atoms with Gasteiger partial charge in [-0.25, -0.2) is 4.79 Å². The Kier molecular flexibility index (Phi) is 4.38. The van der Waals surface area contributed by atoms with Crippen molar-refractivity contribution in [3.05, 3.63) is 38.7 Å². The van der Waals surface area contributed by atoms with Gasteiger partial charge < -0.3 is 15.3 Å². The molecule has 1 heterocycles. The average molecular weight is 242 g/mol. The summed E-state index contributed by atoms with van der Waals surface area (Å²) in [4.78, 5) is 24.5. The summed E-state index contributed by atoms with van der Waals surface area (Å²) in [5.74, 6) is 0. The highest BCUT2D eigenvalue weighted by Gasteiger charge is 2.11. The topological polar surface area (TPSA) is 116 Å². The van der Waals surface area contributed by atoms with E-state index < -0.39 is 30.1 Å². The molecule has 1 aromatic heterocycles. The van der Waals surface area contributed by atoms with Crippen LogP contribution in [0.25, 0.3) is 6.20 Å². The van der Waals surface area contributed by atoms with Gasteiger partial charge in [-0.2, -0.15) is 0 Å². The number of aliphatic hydroxyl groups excluding tert-OH is 3. The van der Waals surface area contributed by atoms with E-state index in [1.54, 1.807) is 0 Å². The first-order chi connectivity index (χ1) is 7.95. The molecule has 2 atom stereocenters. The van der Waals surface area contributed by atoms with Crippen LogP contribution in [0.2, 0.25) is 0 Å². The molecule has 4 N–H and O–H groups in total. The Balaban J connectivity index is 2.96. The van der Waals surface area contributed by atoms with Crippen LogP contribution in [0.15, 0.2) is 21.9 Å². The van der Waals surface area contributed by atoms with Gasteiger partial charge in [0.05, 0.1) is 6.61 Å². The van der Waals surface area contributed by atoms with Crippen molar-refractivity contribution < 1.29 is 15.3 Å². The number of rotatable bonds is 4. The van der Waals surface area contributed by atoms with Crippen molar-refractivity contribution in [3.8, 4) is 0 Å². The minimum atomic E-state index is -1.31. The predicted octanol–water partition coefficient (Wildman–Crippen LogP) is -1.97. The van der Waals surface area contributed by atoms with Crippen LogP contribution in [0.1, 0.15) is 5.56 Å². The zero-order valence-corrected chi connectivity index (χ0v) is 9.20. The van der Waals surface area contributed by atoms with E-state index >= 15 is 0 Å². The normalized spacial score (nSPS) is 15.1. The van der Waals surface area contributed by atoms with Crippen LogP contribution in [-0.2, 0) is 0 Å². The van der Waals surface area contributed by atoms with Crippen LogP contribution >= 0.6 is 0 Å². The van der Waals surface area contributed by atoms with Gasteiger partial charge in [-0.05, 0) is 13.0 Å². The number of nitrogens with one attached hydrogen (secondary N) is 1. The molecule has 0 aromatic carbocycles. The highest BCUT2D eigenvalue weighted by atomic mass is 16.4. The number of aryl methyl sites for hydroxylation is 1. The third-order valence-corrected chi connectivity index (χ3v) is 2.17. The SMILES string of the molecule is Cc1cn(/C=C/C(O)C(O)CO)c(=O)[nH]c1=O. The van der Waals surface area contributed by atoms with E-state index in [2.05, 4.69) is 4.98 Å². The molecule has 2 unspecified atom stereocenters. The van der Waals surface area contributed by atoms with Gasteiger partial charge in [0.15, 0.2) is 0 Å². The van der Waals surface area contributed by atoms with E-state index in [4.69, 9.17) is 10.2 Å². The van der Waals surface area contributed by atoms with Gasteiger partial charge in [-0.1, -0.05) is 0 Å². The number of aromatic amines is 1. The lowest BCUT2D eigenvalue weighted by atomic mass is 10.2. The molecule has 0 aliphatic rings. The second-order valence-corrected chi connectivity index (χ2v) is 3.56. The fraction of sp³-hybridized carbons (Fsp3) is 0.400. The van der Waals surface area contributed by atoms with Gasteiger partial charge >= 0.3 is 5.69 Å². The van der Waals surface area contributed by atoms with Crippen molar-refractivity contribution in [2.24, 2.45) is 0 Å². The second kappa shape index (κ2) is 5.58. The van der Waals surface area contributed by atoms with Crippen molar-refractivity contribution in [2.45, 2.75) is 19.1 Å². The van der Waals surface area contributed by atoms with Crippen molar-refractivity contribution >= 4 is 6.20 Å². The average Bonchev–Trinajstić information content (AvgIpc) is 2.30. The van der Waals surface area contributed by atoms with E-state index in [0.717, 1.165) is 10.6 Å². The number of aliphatic hydroxyl groups is 3. The first-order valence-electron chi connectivity index (χ1n) is 4.93. The van der Waals surface area contributed by atoms with Crippen LogP contribution in [-0.4, -0.2) is 43.7 Å². The predicted molar refractivity (Wildman–Crippen MR) is 60.5 cm³/mol. The summed E-state index contributed by atoms with van der Waals surface area (Å²) >= 11 is 0. The number of H-pyrrole nitrogens is 1. The Labute approximate surface area is 96.3 Å². The number of nitrogens with zero attached hydrogens (tertiary/aromatic N) is 1. The van der Waals surface area contributed by atoms with Gasteiger partial charge in [0.1, 0.15) is 12.2 Å². The number of hydrogen-bond donors (Lipinski definition) is 4. The molecule has 0 fully saturated rings. The minimum absolute atomic E-state index is 0.339. The molecule has 7 nitrogen and oxygen atoms in total. The van der Waals surface area contributed by atoms with Crippen molar-refractivity contribution in [3.63, 3.8) is 0 Å². The smallest absolute Gasteiger partial charge is 0.332 e. The summed E-state index contributed by atoms with van der Waals surface area (Å²) < 4.78 is 1.06. The highest BCUT2D eigenvalue weighted by Crippen LogP contribution is 1.95. The molecule has 94 valence electrons. The van der Waals surface area contributed by atoms with Crippen LogP contribution in [0, 0.1) is 6.92 Å². The molecule has 1 rings (SSSR count). The largest absolute Gasteiger partial charge is 0.394 e. The standard InChI is InChI=1S/C10H14N2O5/c1-6-4-12(10(17)11-9(6)16)3-2-7(14)8(15)5-13/h2-4,7-8,13-15H,5H2,1H3,(H,11,16,17)/b3-2+. The first kappa shape index (κ1) is 13.4. The molecule has 1 aromatic rings. The first-order valence-corrected chi connectivity index (χ1v) is 4.93. The van der Waals surface area contributed by atoms with E-state index in [1.165, 1.54) is 19.3 Å². The van der Waals surface area contributed by atoms with Crippen LogP contribution in [0.5, 0.6) is 0 Å². The molecule has 0 radical (unpaired) electrons. The van der Waals surface area contributed by atoms with Crippen LogP contribution in [0.3, 0.4) is 0 Å². The molecular weight excluding hydrogens is 228 g/mol. The van der Waals surface area contributed by atoms with Gasteiger partial charge in [-0.15, -0.1) is 0 Å². The third-order valence-electron chi connectivity index (χ3n) is 2.17. The Morgan fingerprint density at radius 3 is 2.71 bits per heavy atom. The van der Waals surface area contributed by atoms with Crippen molar-refractivity contribution in [2.75, 3.05) is 6.61 Å². The zero-order valence-electron chi connectivity index (χ0n) is 9.20. The Bertz CT molecular complexity index is 516. The monoisotopic (exact) mass is 242 g/mol. The van der Waals surface area contributed by atoms with Crippen LogP contribution < -0.4 is 11.2 Å². The summed E-state index contributed by atoms with van der Waals surface area (Å²) in [5, 5.41) is 27.0. The Hall–Kier alpha value is -1.70. The number of hydrogen-bond acceptors (Lipinski definition) is 5. The maximum absolute atomic E-state index is 11.3. The summed E-state index contributed by atoms with van der Waals surface area (Å²) in [6.45, 7) is 0.937. The van der Waals surface area contributed by atoms with E-state index in [1.807, 2.05) is 0 Å². The van der Waals surface area contributed by atoms with E-state index in [-0.39, 0.29) is 0 Å². The molecule has 0 aliphatic heterocycles. The molecule has 17 heavy (non-hydrogen) atoms. The lowest BCUT2D eigenvalue weighted by molar-refractivity contribution is 0.00973. The summed E-state index contributed by atoms with van der Waals surface area (Å²) in [7, 11) is 0. The molecule has 7 heteroatoms. The summed E-state index contributed by atoms with van der Waals surface area (Å²) in [6.07, 6.45) is 1.04. The molecule has 0 aliphatic carbocycles. The fourth-order valence-electron chi connectivity index (χ4n) is 1.11. The molecular formula is C10H14N2O5. The molecule has 0 amide bonds. The van der Waals surface area contributed by atoms with Gasteiger partial charge in [0.25, 0.3) is 5.56 Å². The Morgan fingerprint density at radius 2 is 2.12 bits per heavy atom. The van der Waals surface area contributed by atoms with Crippen molar-refractivity contribution in [1.29, 1.82) is 0 Å². The molecule has 0 bridgehead atoms. The highest BCUT2D eigenvalue weighted by molar-refractivity contribution is 5.25. The second-order valence-electron chi connectivity index (χ2n) is 3.56. The summed E-state index contributed by atoms with van der Waals surface area (Å²) in [6, 6.07) is 0.